The lowest BCUT2D eigenvalue weighted by atomic mass is 10.1. The third-order valence-electron chi connectivity index (χ3n) is 3.48. The average Bonchev–Trinajstić information content (AvgIpc) is 2.46. The molecule has 0 bridgehead atoms. The zero-order chi connectivity index (χ0) is 17.1. The Morgan fingerprint density at radius 2 is 1.09 bits per heavy atom. The second kappa shape index (κ2) is 6.89. The highest BCUT2D eigenvalue weighted by Gasteiger charge is 2.29. The van der Waals surface area contributed by atoms with E-state index in [1.54, 1.807) is 0 Å². The summed E-state index contributed by atoms with van der Waals surface area (Å²) < 4.78 is 6.62. The smallest absolute Gasteiger partial charge is 0.242 e. The summed E-state index contributed by atoms with van der Waals surface area (Å²) in [7, 11) is -3.31. The van der Waals surface area contributed by atoms with Gasteiger partial charge < -0.3 is 4.43 Å². The van der Waals surface area contributed by atoms with Gasteiger partial charge in [0.25, 0.3) is 0 Å². The van der Waals surface area contributed by atoms with E-state index >= 15 is 0 Å². The van der Waals surface area contributed by atoms with Crippen LogP contribution in [-0.4, -0.2) is 16.4 Å². The summed E-state index contributed by atoms with van der Waals surface area (Å²) >= 11 is 0. The molecule has 0 atom stereocenters. The van der Waals surface area contributed by atoms with Gasteiger partial charge in [-0.1, -0.05) is 80.3 Å². The first-order chi connectivity index (χ1) is 10.7. The van der Waals surface area contributed by atoms with Crippen LogP contribution in [0, 0.1) is 0 Å². The maximum atomic E-state index is 6.62. The van der Waals surface area contributed by atoms with E-state index in [1.165, 1.54) is 16.3 Å². The van der Waals surface area contributed by atoms with Gasteiger partial charge in [-0.05, 0) is 30.4 Å². The molecule has 2 rings (SSSR count). The first kappa shape index (κ1) is 17.8. The van der Waals surface area contributed by atoms with E-state index in [0.29, 0.717) is 0 Å². The molecule has 23 heavy (non-hydrogen) atoms. The predicted molar refractivity (Wildman–Crippen MR) is 107 cm³/mol. The summed E-state index contributed by atoms with van der Waals surface area (Å²) in [6.45, 7) is 13.9. The van der Waals surface area contributed by atoms with Crippen molar-refractivity contribution >= 4 is 27.3 Å². The first-order valence-corrected chi connectivity index (χ1v) is 15.1. The summed E-state index contributed by atoms with van der Waals surface area (Å²) in [4.78, 5) is 0. The highest BCUT2D eigenvalue weighted by molar-refractivity contribution is 6.95. The molecule has 0 N–H and O–H groups in total. The minimum Gasteiger partial charge on any atom is -0.544 e. The molecule has 0 aliphatic carbocycles. The molecule has 3 heteroatoms. The van der Waals surface area contributed by atoms with Crippen molar-refractivity contribution in [1.82, 2.24) is 0 Å². The van der Waals surface area contributed by atoms with Crippen LogP contribution in [0.15, 0.2) is 60.7 Å². The Balaban J connectivity index is 2.74. The zero-order valence-electron chi connectivity index (χ0n) is 15.2. The second-order valence-corrected chi connectivity index (χ2v) is 17.3. The third-order valence-corrected chi connectivity index (χ3v) is 6.32. The summed E-state index contributed by atoms with van der Waals surface area (Å²) in [5.41, 5.74) is 2.49. The van der Waals surface area contributed by atoms with Crippen LogP contribution in [0.1, 0.15) is 11.1 Å². The summed E-state index contributed by atoms with van der Waals surface area (Å²) in [5.74, 6) is 1.09. The van der Waals surface area contributed by atoms with Crippen LogP contribution in [-0.2, 0) is 4.43 Å². The van der Waals surface area contributed by atoms with Crippen molar-refractivity contribution < 1.29 is 4.43 Å². The molecule has 2 aromatic carbocycles. The van der Waals surface area contributed by atoms with Gasteiger partial charge in [0.1, 0.15) is 5.76 Å². The lowest BCUT2D eigenvalue weighted by Crippen LogP contribution is -2.29. The fourth-order valence-corrected chi connectivity index (χ4v) is 5.50. The molecule has 0 radical (unpaired) electrons. The molecule has 2 aromatic rings. The van der Waals surface area contributed by atoms with Crippen LogP contribution in [0.5, 0.6) is 0 Å². The van der Waals surface area contributed by atoms with Crippen molar-refractivity contribution in [3.63, 3.8) is 0 Å². The van der Waals surface area contributed by atoms with E-state index in [1.807, 2.05) is 0 Å². The molecule has 0 amide bonds. The topological polar surface area (TPSA) is 9.23 Å². The molecule has 0 aliphatic heterocycles. The Hall–Kier alpha value is -1.59. The lowest BCUT2D eigenvalue weighted by Gasteiger charge is -2.30. The van der Waals surface area contributed by atoms with Crippen molar-refractivity contribution in [2.75, 3.05) is 0 Å². The quantitative estimate of drug-likeness (QED) is 0.353. The Labute approximate surface area is 143 Å². The van der Waals surface area contributed by atoms with Crippen molar-refractivity contribution in [1.29, 1.82) is 0 Å². The fraction of sp³-hybridized carbons (Fsp3) is 0.300. The minimum absolute atomic E-state index is 1.09. The first-order valence-electron chi connectivity index (χ1n) is 8.23. The van der Waals surface area contributed by atoms with Gasteiger partial charge in [-0.15, -0.1) is 0 Å². The number of rotatable bonds is 5. The van der Waals surface area contributed by atoms with Crippen LogP contribution in [0.2, 0.25) is 39.3 Å². The van der Waals surface area contributed by atoms with Gasteiger partial charge in [-0.2, -0.15) is 0 Å². The van der Waals surface area contributed by atoms with Crippen LogP contribution in [0.25, 0.3) is 11.0 Å². The molecule has 0 saturated heterocycles. The Bertz CT molecular complexity index is 662. The largest absolute Gasteiger partial charge is 0.544 e. The van der Waals surface area contributed by atoms with E-state index in [4.69, 9.17) is 4.43 Å². The fourth-order valence-electron chi connectivity index (χ4n) is 2.66. The summed E-state index contributed by atoms with van der Waals surface area (Å²) in [6, 6.07) is 21.3. The number of benzene rings is 2. The highest BCUT2D eigenvalue weighted by atomic mass is 28.4. The van der Waals surface area contributed by atoms with Crippen molar-refractivity contribution in [3.8, 4) is 0 Å². The van der Waals surface area contributed by atoms with Gasteiger partial charge in [0.05, 0.1) is 8.07 Å². The average molecular weight is 341 g/mol. The SMILES string of the molecule is C[Si](C)(C)O/C(=C(\c1ccccc1)[Si](C)(C)C)c1ccccc1. The molecule has 1 nitrogen and oxygen atoms in total. The third kappa shape index (κ3) is 4.94. The molecule has 0 heterocycles. The van der Waals surface area contributed by atoms with Crippen LogP contribution in [0.3, 0.4) is 0 Å². The van der Waals surface area contributed by atoms with E-state index in [9.17, 15) is 0 Å². The number of hydrogen-bond donors (Lipinski definition) is 0. The lowest BCUT2D eigenvalue weighted by molar-refractivity contribution is 0.517. The summed E-state index contributed by atoms with van der Waals surface area (Å²) in [5, 5.41) is 1.41. The van der Waals surface area contributed by atoms with Crippen molar-refractivity contribution in [2.24, 2.45) is 0 Å². The van der Waals surface area contributed by atoms with E-state index in [-0.39, 0.29) is 0 Å². The standard InChI is InChI=1S/C20H28OSi2/c1-22(2,3)20(18-15-11-8-12-16-18)19(21-23(4,5)6)17-13-9-7-10-14-17/h7-16H,1-6H3/b20-19+. The molecule has 0 aliphatic rings. The minimum atomic E-state index is -1.71. The van der Waals surface area contributed by atoms with Gasteiger partial charge in [-0.25, -0.2) is 0 Å². The molecule has 0 unspecified atom stereocenters. The number of hydrogen-bond acceptors (Lipinski definition) is 1. The van der Waals surface area contributed by atoms with Gasteiger partial charge in [0.15, 0.2) is 0 Å². The van der Waals surface area contributed by atoms with Crippen LogP contribution >= 0.6 is 0 Å². The highest BCUT2D eigenvalue weighted by Crippen LogP contribution is 2.36. The predicted octanol–water partition coefficient (Wildman–Crippen LogP) is 6.28. The zero-order valence-corrected chi connectivity index (χ0v) is 17.2. The van der Waals surface area contributed by atoms with Crippen molar-refractivity contribution in [3.05, 3.63) is 71.8 Å². The van der Waals surface area contributed by atoms with Gasteiger partial charge >= 0.3 is 0 Å². The molecular formula is C20H28OSi2. The molecule has 0 saturated carbocycles. The van der Waals surface area contributed by atoms with Crippen molar-refractivity contribution in [2.45, 2.75) is 39.3 Å². The maximum absolute atomic E-state index is 6.62. The maximum Gasteiger partial charge on any atom is 0.242 e. The Morgan fingerprint density at radius 1 is 0.652 bits per heavy atom. The molecule has 122 valence electrons. The van der Waals surface area contributed by atoms with Gasteiger partial charge in [0.2, 0.25) is 8.32 Å². The molecule has 0 fully saturated rings. The normalized spacial score (nSPS) is 13.5. The van der Waals surface area contributed by atoms with Gasteiger partial charge in [0, 0.05) is 5.56 Å². The summed E-state index contributed by atoms with van der Waals surface area (Å²) in [6.07, 6.45) is 0. The molecular weight excluding hydrogens is 312 g/mol. The van der Waals surface area contributed by atoms with E-state index in [0.717, 1.165) is 5.76 Å². The second-order valence-electron chi connectivity index (χ2n) is 7.90. The Kier molecular flexibility index (Phi) is 5.32. The van der Waals surface area contributed by atoms with Crippen LogP contribution in [0.4, 0.5) is 0 Å². The van der Waals surface area contributed by atoms with Crippen LogP contribution < -0.4 is 0 Å². The molecule has 0 spiro atoms. The van der Waals surface area contributed by atoms with Gasteiger partial charge in [-0.3, -0.25) is 0 Å². The Morgan fingerprint density at radius 3 is 1.48 bits per heavy atom. The monoisotopic (exact) mass is 340 g/mol. The van der Waals surface area contributed by atoms with E-state index in [2.05, 4.69) is 99.9 Å². The van der Waals surface area contributed by atoms with E-state index < -0.39 is 16.4 Å². The molecule has 0 aromatic heterocycles.